The van der Waals surface area contributed by atoms with Gasteiger partial charge in [0, 0.05) is 24.1 Å². The van der Waals surface area contributed by atoms with Crippen molar-refractivity contribution in [1.82, 2.24) is 9.78 Å². The lowest BCUT2D eigenvalue weighted by Crippen LogP contribution is -2.37. The molecule has 0 spiro atoms. The predicted molar refractivity (Wildman–Crippen MR) is 115 cm³/mol. The van der Waals surface area contributed by atoms with Crippen molar-refractivity contribution < 1.29 is 4.79 Å². The van der Waals surface area contributed by atoms with Gasteiger partial charge in [-0.25, -0.2) is 4.68 Å². The van der Waals surface area contributed by atoms with E-state index in [4.69, 9.17) is 10.8 Å². The topological polar surface area (TPSA) is 72.9 Å². The number of carbonyl (C=O) groups excluding carboxylic acids is 1. The van der Waals surface area contributed by atoms with E-state index in [1.807, 2.05) is 41.1 Å². The Morgan fingerprint density at radius 2 is 2.04 bits per heavy atom. The summed E-state index contributed by atoms with van der Waals surface area (Å²) < 4.78 is 1.89. The highest BCUT2D eigenvalue weighted by Crippen LogP contribution is 2.38. The molecule has 5 heteroatoms. The van der Waals surface area contributed by atoms with Crippen molar-refractivity contribution in [3.05, 3.63) is 36.4 Å². The Hall–Kier alpha value is -2.14. The molecule has 0 radical (unpaired) electrons. The van der Waals surface area contributed by atoms with Gasteiger partial charge in [0.1, 0.15) is 5.82 Å². The van der Waals surface area contributed by atoms with Gasteiger partial charge in [-0.1, -0.05) is 57.5 Å². The third kappa shape index (κ3) is 4.82. The number of aromatic nitrogens is 2. The Morgan fingerprint density at radius 1 is 1.29 bits per heavy atom. The largest absolute Gasteiger partial charge is 0.330 e. The lowest BCUT2D eigenvalue weighted by molar-refractivity contribution is -0.124. The van der Waals surface area contributed by atoms with Gasteiger partial charge in [-0.2, -0.15) is 5.10 Å². The minimum Gasteiger partial charge on any atom is -0.330 e. The molecular weight excluding hydrogens is 348 g/mol. The fourth-order valence-corrected chi connectivity index (χ4v) is 4.40. The van der Waals surface area contributed by atoms with Crippen molar-refractivity contribution in [1.29, 1.82) is 0 Å². The zero-order valence-corrected chi connectivity index (χ0v) is 17.4. The van der Waals surface area contributed by atoms with Crippen LogP contribution in [0.25, 0.3) is 11.3 Å². The minimum atomic E-state index is 0.0711. The highest BCUT2D eigenvalue weighted by molar-refractivity contribution is 5.92. The molecule has 1 fully saturated rings. The lowest BCUT2D eigenvalue weighted by Gasteiger charge is -2.36. The van der Waals surface area contributed by atoms with Gasteiger partial charge in [-0.15, -0.1) is 0 Å². The van der Waals surface area contributed by atoms with Crippen molar-refractivity contribution in [2.24, 2.45) is 29.4 Å². The Balaban J connectivity index is 1.83. The van der Waals surface area contributed by atoms with Gasteiger partial charge in [-0.05, 0) is 43.6 Å². The molecule has 0 bridgehead atoms. The van der Waals surface area contributed by atoms with Crippen LogP contribution in [0.15, 0.2) is 36.4 Å². The maximum Gasteiger partial charge on any atom is 0.228 e. The number of benzene rings is 1. The Bertz CT molecular complexity index is 768. The second-order valence-electron chi connectivity index (χ2n) is 8.57. The Labute approximate surface area is 168 Å². The number of carbonyl (C=O) groups is 1. The molecule has 3 rings (SSSR count). The zero-order chi connectivity index (χ0) is 20.1. The van der Waals surface area contributed by atoms with Gasteiger partial charge in [-0.3, -0.25) is 4.79 Å². The molecule has 28 heavy (non-hydrogen) atoms. The van der Waals surface area contributed by atoms with Crippen molar-refractivity contribution in [3.8, 4) is 11.3 Å². The van der Waals surface area contributed by atoms with E-state index < -0.39 is 0 Å². The van der Waals surface area contributed by atoms with Crippen LogP contribution in [-0.4, -0.2) is 22.2 Å². The van der Waals surface area contributed by atoms with Crippen LogP contribution < -0.4 is 11.1 Å². The number of hydrogen-bond donors (Lipinski definition) is 2. The first-order chi connectivity index (χ1) is 13.5. The van der Waals surface area contributed by atoms with Gasteiger partial charge in [0.25, 0.3) is 0 Å². The molecule has 3 N–H and O–H groups in total. The van der Waals surface area contributed by atoms with E-state index >= 15 is 0 Å². The molecule has 5 nitrogen and oxygen atoms in total. The van der Waals surface area contributed by atoms with Gasteiger partial charge in [0.15, 0.2) is 0 Å². The maximum absolute atomic E-state index is 13.2. The predicted octanol–water partition coefficient (Wildman–Crippen LogP) is 4.55. The fourth-order valence-electron chi connectivity index (χ4n) is 4.40. The second-order valence-corrected chi connectivity index (χ2v) is 8.57. The summed E-state index contributed by atoms with van der Waals surface area (Å²) in [6, 6.07) is 12.1. The van der Waals surface area contributed by atoms with Crippen LogP contribution in [0, 0.1) is 23.7 Å². The van der Waals surface area contributed by atoms with E-state index in [1.54, 1.807) is 0 Å². The SMILES string of the molecule is CC(C)[C@H]1CC[C@H](C)C[C@H]1C(=O)Nc1cc(-c2ccccc2)nn1CCCN. The average Bonchev–Trinajstić information content (AvgIpc) is 3.09. The summed E-state index contributed by atoms with van der Waals surface area (Å²) in [7, 11) is 0. The number of anilines is 1. The highest BCUT2D eigenvalue weighted by atomic mass is 16.2. The van der Waals surface area contributed by atoms with E-state index in [2.05, 4.69) is 26.1 Å². The van der Waals surface area contributed by atoms with Crippen LogP contribution in [0.4, 0.5) is 5.82 Å². The number of nitrogens with two attached hydrogens (primary N) is 1. The molecule has 0 aliphatic heterocycles. The number of hydrogen-bond acceptors (Lipinski definition) is 3. The van der Waals surface area contributed by atoms with Crippen LogP contribution >= 0.6 is 0 Å². The van der Waals surface area contributed by atoms with Crippen molar-refractivity contribution in [2.45, 2.75) is 53.0 Å². The lowest BCUT2D eigenvalue weighted by atomic mass is 9.70. The van der Waals surface area contributed by atoms with Crippen molar-refractivity contribution in [2.75, 3.05) is 11.9 Å². The second kappa shape index (κ2) is 9.37. The molecule has 3 atom stereocenters. The van der Waals surface area contributed by atoms with Crippen LogP contribution in [0.3, 0.4) is 0 Å². The smallest absolute Gasteiger partial charge is 0.228 e. The first-order valence-corrected chi connectivity index (χ1v) is 10.6. The molecule has 0 unspecified atom stereocenters. The normalized spacial score (nSPS) is 22.4. The molecule has 1 heterocycles. The quantitative estimate of drug-likeness (QED) is 0.738. The summed E-state index contributed by atoms with van der Waals surface area (Å²) >= 11 is 0. The van der Waals surface area contributed by atoms with E-state index in [0.29, 0.717) is 30.8 Å². The van der Waals surface area contributed by atoms with Crippen LogP contribution in [0.1, 0.15) is 46.5 Å². The first-order valence-electron chi connectivity index (χ1n) is 10.6. The summed E-state index contributed by atoms with van der Waals surface area (Å²) in [5.74, 6) is 2.56. The molecule has 1 amide bonds. The number of rotatable bonds is 7. The summed E-state index contributed by atoms with van der Waals surface area (Å²) in [4.78, 5) is 13.2. The monoisotopic (exact) mass is 382 g/mol. The summed E-state index contributed by atoms with van der Waals surface area (Å²) in [6.07, 6.45) is 4.16. The summed E-state index contributed by atoms with van der Waals surface area (Å²) in [5.41, 5.74) is 7.63. The third-order valence-electron chi connectivity index (χ3n) is 6.03. The minimum absolute atomic E-state index is 0.0711. The van der Waals surface area contributed by atoms with Crippen LogP contribution in [0.2, 0.25) is 0 Å². The Kier molecular flexibility index (Phi) is 6.89. The molecular formula is C23H34N4O. The van der Waals surface area contributed by atoms with E-state index in [9.17, 15) is 4.79 Å². The average molecular weight is 383 g/mol. The summed E-state index contributed by atoms with van der Waals surface area (Å²) in [5, 5.41) is 7.94. The van der Waals surface area contributed by atoms with E-state index in [0.717, 1.165) is 36.3 Å². The molecule has 1 saturated carbocycles. The molecule has 1 aromatic heterocycles. The third-order valence-corrected chi connectivity index (χ3v) is 6.03. The Morgan fingerprint density at radius 3 is 2.71 bits per heavy atom. The molecule has 1 aromatic carbocycles. The van der Waals surface area contributed by atoms with Gasteiger partial charge < -0.3 is 11.1 Å². The molecule has 0 saturated heterocycles. The molecule has 1 aliphatic rings. The molecule has 152 valence electrons. The van der Waals surface area contributed by atoms with Gasteiger partial charge >= 0.3 is 0 Å². The maximum atomic E-state index is 13.2. The van der Waals surface area contributed by atoms with Crippen LogP contribution in [0.5, 0.6) is 0 Å². The molecule has 2 aromatic rings. The first kappa shape index (κ1) is 20.6. The standard InChI is InChI=1S/C23H34N4O/c1-16(2)19-11-10-17(3)14-20(19)23(28)25-22-15-21(18-8-5-4-6-9-18)26-27(22)13-7-12-24/h4-6,8-9,15-17,19-20H,7,10-14,24H2,1-3H3,(H,25,28)/t17-,19+,20+/m0/s1. The van der Waals surface area contributed by atoms with Gasteiger partial charge in [0.05, 0.1) is 5.69 Å². The van der Waals surface area contributed by atoms with Crippen molar-refractivity contribution in [3.63, 3.8) is 0 Å². The number of nitrogens with zero attached hydrogens (tertiary/aromatic N) is 2. The summed E-state index contributed by atoms with van der Waals surface area (Å²) in [6.45, 7) is 8.03. The highest BCUT2D eigenvalue weighted by Gasteiger charge is 2.35. The number of nitrogens with one attached hydrogen (secondary N) is 1. The van der Waals surface area contributed by atoms with E-state index in [-0.39, 0.29) is 11.8 Å². The van der Waals surface area contributed by atoms with Gasteiger partial charge in [0.2, 0.25) is 5.91 Å². The number of amides is 1. The van der Waals surface area contributed by atoms with E-state index in [1.165, 1.54) is 6.42 Å². The fraction of sp³-hybridized carbons (Fsp3) is 0.565. The van der Waals surface area contributed by atoms with Crippen molar-refractivity contribution >= 4 is 11.7 Å². The zero-order valence-electron chi connectivity index (χ0n) is 17.4. The molecule has 1 aliphatic carbocycles. The van der Waals surface area contributed by atoms with Crippen LogP contribution in [-0.2, 0) is 11.3 Å². The number of aryl methyl sites for hydroxylation is 1.